The fraction of sp³-hybridized carbons (Fsp3) is 0.750. The number of hydrogen-bond donors (Lipinski definition) is 1. The maximum Gasteiger partial charge on any atom is 0.324 e. The normalized spacial score (nSPS) is 22.9. The van der Waals surface area contributed by atoms with Crippen molar-refractivity contribution in [1.82, 2.24) is 15.0 Å². The summed E-state index contributed by atoms with van der Waals surface area (Å²) in [7, 11) is 4.99. The zero-order chi connectivity index (χ0) is 13.8. The Hall–Kier alpha value is -1.63. The summed E-state index contributed by atoms with van der Waals surface area (Å²) < 4.78 is 10.1. The van der Waals surface area contributed by atoms with Crippen LogP contribution in [0.4, 0.5) is 5.95 Å². The molecule has 0 aliphatic heterocycles. The minimum Gasteiger partial charge on any atom is -0.467 e. The zero-order valence-electron chi connectivity index (χ0n) is 11.7. The van der Waals surface area contributed by atoms with Crippen molar-refractivity contribution in [2.45, 2.75) is 37.8 Å². The van der Waals surface area contributed by atoms with E-state index in [9.17, 15) is 0 Å². The average molecular weight is 267 g/mol. The first-order valence-electron chi connectivity index (χ1n) is 6.48. The van der Waals surface area contributed by atoms with Gasteiger partial charge in [-0.05, 0) is 12.8 Å². The van der Waals surface area contributed by atoms with Crippen LogP contribution in [-0.2, 0) is 0 Å². The number of ether oxygens (including phenoxy) is 2. The highest BCUT2D eigenvalue weighted by atomic mass is 16.5. The van der Waals surface area contributed by atoms with Gasteiger partial charge in [0.05, 0.1) is 14.2 Å². The monoisotopic (exact) mass is 267 g/mol. The Kier molecular flexibility index (Phi) is 4.36. The number of rotatable bonds is 4. The first-order chi connectivity index (χ1) is 9.15. The van der Waals surface area contributed by atoms with Crippen molar-refractivity contribution in [3.05, 3.63) is 0 Å². The molecule has 1 heterocycles. The molecule has 2 rings (SSSR count). The van der Waals surface area contributed by atoms with E-state index >= 15 is 0 Å². The van der Waals surface area contributed by atoms with E-state index in [1.807, 2.05) is 11.9 Å². The largest absolute Gasteiger partial charge is 0.467 e. The van der Waals surface area contributed by atoms with Crippen LogP contribution in [0, 0.1) is 0 Å². The van der Waals surface area contributed by atoms with Crippen LogP contribution in [0.1, 0.15) is 25.7 Å². The lowest BCUT2D eigenvalue weighted by Gasteiger charge is -2.35. The molecule has 2 unspecified atom stereocenters. The van der Waals surface area contributed by atoms with E-state index < -0.39 is 0 Å². The molecular formula is C12H21N5O2. The van der Waals surface area contributed by atoms with Gasteiger partial charge in [-0.3, -0.25) is 0 Å². The average Bonchev–Trinajstić information content (AvgIpc) is 2.46. The lowest BCUT2D eigenvalue weighted by Crippen LogP contribution is -2.48. The highest BCUT2D eigenvalue weighted by Crippen LogP contribution is 2.25. The molecule has 0 radical (unpaired) electrons. The summed E-state index contributed by atoms with van der Waals surface area (Å²) in [5, 5.41) is 0. The molecule has 2 atom stereocenters. The fourth-order valence-electron chi connectivity index (χ4n) is 2.44. The number of hydrogen-bond acceptors (Lipinski definition) is 7. The van der Waals surface area contributed by atoms with E-state index in [0.29, 0.717) is 5.95 Å². The predicted octanol–water partition coefficient (Wildman–Crippen LogP) is 0.595. The van der Waals surface area contributed by atoms with Crippen LogP contribution >= 0.6 is 0 Å². The summed E-state index contributed by atoms with van der Waals surface area (Å²) in [6.45, 7) is 0. The van der Waals surface area contributed by atoms with Crippen LogP contribution in [0.2, 0.25) is 0 Å². The third kappa shape index (κ3) is 3.04. The highest BCUT2D eigenvalue weighted by Gasteiger charge is 2.27. The Bertz CT molecular complexity index is 406. The van der Waals surface area contributed by atoms with Gasteiger partial charge < -0.3 is 20.1 Å². The van der Waals surface area contributed by atoms with Crippen LogP contribution in [0.25, 0.3) is 0 Å². The summed E-state index contributed by atoms with van der Waals surface area (Å²) in [6.07, 6.45) is 4.46. The van der Waals surface area contributed by atoms with Gasteiger partial charge in [-0.15, -0.1) is 4.98 Å². The smallest absolute Gasteiger partial charge is 0.324 e. The van der Waals surface area contributed by atoms with Gasteiger partial charge in [0.15, 0.2) is 0 Å². The van der Waals surface area contributed by atoms with Crippen molar-refractivity contribution in [3.63, 3.8) is 0 Å². The van der Waals surface area contributed by atoms with E-state index in [1.54, 1.807) is 0 Å². The van der Waals surface area contributed by atoms with Crippen molar-refractivity contribution in [3.8, 4) is 12.0 Å². The Morgan fingerprint density at radius 1 is 1.05 bits per heavy atom. The number of methoxy groups -OCH3 is 2. The van der Waals surface area contributed by atoms with Crippen LogP contribution < -0.4 is 20.1 Å². The standard InChI is InChI=1S/C12H21N5O2/c1-17(9-7-5-4-6-8(9)13)10-14-11(18-2)16-12(15-10)19-3/h8-9H,4-7,13H2,1-3H3. The van der Waals surface area contributed by atoms with Crippen LogP contribution in [0.3, 0.4) is 0 Å². The minimum absolute atomic E-state index is 0.146. The summed E-state index contributed by atoms with van der Waals surface area (Å²) in [5.41, 5.74) is 6.18. The SMILES string of the molecule is COc1nc(OC)nc(N(C)C2CCCCC2N)n1. The molecule has 1 aliphatic carbocycles. The van der Waals surface area contributed by atoms with Gasteiger partial charge in [0.25, 0.3) is 0 Å². The topological polar surface area (TPSA) is 86.4 Å². The molecule has 0 saturated heterocycles. The number of aromatic nitrogens is 3. The van der Waals surface area contributed by atoms with Crippen LogP contribution in [-0.4, -0.2) is 48.3 Å². The minimum atomic E-state index is 0.146. The van der Waals surface area contributed by atoms with Gasteiger partial charge >= 0.3 is 12.0 Å². The van der Waals surface area contributed by atoms with Gasteiger partial charge in [-0.25, -0.2) is 0 Å². The van der Waals surface area contributed by atoms with E-state index in [-0.39, 0.29) is 24.1 Å². The lowest BCUT2D eigenvalue weighted by atomic mass is 9.90. The van der Waals surface area contributed by atoms with Gasteiger partial charge in [-0.2, -0.15) is 9.97 Å². The molecule has 19 heavy (non-hydrogen) atoms. The number of anilines is 1. The summed E-state index contributed by atoms with van der Waals surface area (Å²) >= 11 is 0. The maximum atomic E-state index is 6.18. The van der Waals surface area contributed by atoms with Crippen LogP contribution in [0.5, 0.6) is 12.0 Å². The second-order valence-corrected chi connectivity index (χ2v) is 4.74. The van der Waals surface area contributed by atoms with Gasteiger partial charge in [0.1, 0.15) is 0 Å². The maximum absolute atomic E-state index is 6.18. The lowest BCUT2D eigenvalue weighted by molar-refractivity contribution is 0.334. The summed E-state index contributed by atoms with van der Waals surface area (Å²) in [6, 6.07) is 0.884. The molecular weight excluding hydrogens is 246 g/mol. The molecule has 0 amide bonds. The third-order valence-corrected chi connectivity index (χ3v) is 3.54. The number of nitrogens with zero attached hydrogens (tertiary/aromatic N) is 4. The first kappa shape index (κ1) is 13.8. The van der Waals surface area contributed by atoms with Crippen molar-refractivity contribution in [2.24, 2.45) is 5.73 Å². The quantitative estimate of drug-likeness (QED) is 0.854. The Labute approximate surface area is 113 Å². The van der Waals surface area contributed by atoms with Crippen LogP contribution in [0.15, 0.2) is 0 Å². The van der Waals surface area contributed by atoms with Crippen molar-refractivity contribution in [2.75, 3.05) is 26.2 Å². The molecule has 7 heteroatoms. The Balaban J connectivity index is 2.24. The fourth-order valence-corrected chi connectivity index (χ4v) is 2.44. The van der Waals surface area contributed by atoms with E-state index in [4.69, 9.17) is 15.2 Å². The molecule has 0 bridgehead atoms. The van der Waals surface area contributed by atoms with Crippen molar-refractivity contribution < 1.29 is 9.47 Å². The zero-order valence-corrected chi connectivity index (χ0v) is 11.7. The predicted molar refractivity (Wildman–Crippen MR) is 71.6 cm³/mol. The van der Waals surface area contributed by atoms with E-state index in [0.717, 1.165) is 12.8 Å². The first-order valence-corrected chi connectivity index (χ1v) is 6.48. The molecule has 7 nitrogen and oxygen atoms in total. The van der Waals surface area contributed by atoms with Gasteiger partial charge in [0, 0.05) is 19.1 Å². The summed E-state index contributed by atoms with van der Waals surface area (Å²) in [4.78, 5) is 14.5. The molecule has 1 aliphatic rings. The molecule has 1 aromatic heterocycles. The Morgan fingerprint density at radius 2 is 1.63 bits per heavy atom. The number of nitrogens with two attached hydrogens (primary N) is 1. The molecule has 1 fully saturated rings. The molecule has 2 N–H and O–H groups in total. The van der Waals surface area contributed by atoms with E-state index in [2.05, 4.69) is 15.0 Å². The molecule has 1 saturated carbocycles. The second kappa shape index (κ2) is 6.01. The molecule has 0 spiro atoms. The van der Waals surface area contributed by atoms with Gasteiger partial charge in [0.2, 0.25) is 5.95 Å². The molecule has 106 valence electrons. The highest BCUT2D eigenvalue weighted by molar-refractivity contribution is 5.33. The summed E-state index contributed by atoms with van der Waals surface area (Å²) in [5.74, 6) is 0.533. The Morgan fingerprint density at radius 3 is 2.16 bits per heavy atom. The molecule has 1 aromatic rings. The molecule has 0 aromatic carbocycles. The third-order valence-electron chi connectivity index (χ3n) is 3.54. The van der Waals surface area contributed by atoms with E-state index in [1.165, 1.54) is 27.1 Å². The van der Waals surface area contributed by atoms with Crippen molar-refractivity contribution >= 4 is 5.95 Å². The van der Waals surface area contributed by atoms with Crippen molar-refractivity contribution in [1.29, 1.82) is 0 Å². The number of likely N-dealkylation sites (N-methyl/N-ethyl adjacent to an activating group) is 1. The second-order valence-electron chi connectivity index (χ2n) is 4.74. The van der Waals surface area contributed by atoms with Gasteiger partial charge in [-0.1, -0.05) is 12.8 Å².